The van der Waals surface area contributed by atoms with Gasteiger partial charge in [-0.3, -0.25) is 0 Å². The first-order valence-electron chi connectivity index (χ1n) is 10.1. The molecule has 0 bridgehead atoms. The molecule has 0 spiro atoms. The second kappa shape index (κ2) is 7.09. The molecule has 5 heteroatoms. The zero-order valence-electron chi connectivity index (χ0n) is 17.8. The summed E-state index contributed by atoms with van der Waals surface area (Å²) < 4.78 is 25.2. The van der Waals surface area contributed by atoms with Crippen LogP contribution in [-0.2, 0) is 18.6 Å². The average molecular weight is 411 g/mol. The van der Waals surface area contributed by atoms with E-state index in [0.717, 1.165) is 0 Å². The van der Waals surface area contributed by atoms with Gasteiger partial charge in [-0.15, -0.1) is 0 Å². The first-order chi connectivity index (χ1) is 13.6. The van der Waals surface area contributed by atoms with Crippen LogP contribution in [0.1, 0.15) is 34.6 Å². The van der Waals surface area contributed by atoms with E-state index in [2.05, 4.69) is 75.9 Å². The minimum absolute atomic E-state index is 0.136. The fourth-order valence-corrected chi connectivity index (χ4v) is 9.13. The molecule has 4 rings (SSSR count). The highest BCUT2D eigenvalue weighted by atomic mass is 28.4. The predicted octanol–water partition coefficient (Wildman–Crippen LogP) is 3.95. The Morgan fingerprint density at radius 2 is 1.41 bits per heavy atom. The molecule has 0 amide bonds. The van der Waals surface area contributed by atoms with Crippen molar-refractivity contribution in [2.75, 3.05) is 0 Å². The van der Waals surface area contributed by atoms with E-state index < -0.39 is 26.5 Å². The van der Waals surface area contributed by atoms with Crippen LogP contribution in [0, 0.1) is 0 Å². The fourth-order valence-electron chi connectivity index (χ4n) is 4.47. The Bertz CT molecular complexity index is 833. The zero-order valence-corrected chi connectivity index (χ0v) is 18.8. The monoisotopic (exact) mass is 410 g/mol. The van der Waals surface area contributed by atoms with Crippen molar-refractivity contribution in [2.45, 2.75) is 63.9 Å². The van der Waals surface area contributed by atoms with E-state index in [1.54, 1.807) is 0 Å². The van der Waals surface area contributed by atoms with Crippen LogP contribution in [0.5, 0.6) is 0 Å². The predicted molar refractivity (Wildman–Crippen MR) is 117 cm³/mol. The van der Waals surface area contributed by atoms with E-state index in [-0.39, 0.29) is 11.1 Å². The van der Waals surface area contributed by atoms with Gasteiger partial charge in [-0.05, 0) is 29.3 Å². The Morgan fingerprint density at radius 3 is 1.90 bits per heavy atom. The molecule has 2 aliphatic heterocycles. The Labute approximate surface area is 174 Å². The summed E-state index contributed by atoms with van der Waals surface area (Å²) in [4.78, 5) is 0. The third kappa shape index (κ3) is 3.46. The molecule has 2 aromatic carbocycles. The third-order valence-corrected chi connectivity index (χ3v) is 10.7. The Kier molecular flexibility index (Phi) is 4.98. The Hall–Kier alpha value is -1.92. The van der Waals surface area contributed by atoms with Crippen molar-refractivity contribution in [3.63, 3.8) is 0 Å². The summed E-state index contributed by atoms with van der Waals surface area (Å²) in [5.41, 5.74) is 0. The molecule has 0 aromatic heterocycles. The lowest BCUT2D eigenvalue weighted by atomic mass is 10.2. The molecule has 0 N–H and O–H groups in total. The van der Waals surface area contributed by atoms with Gasteiger partial charge in [0.2, 0.25) is 6.29 Å². The molecule has 2 fully saturated rings. The van der Waals surface area contributed by atoms with Gasteiger partial charge in [0.15, 0.2) is 11.9 Å². The highest BCUT2D eigenvalue weighted by molar-refractivity contribution is 6.99. The second-order valence-corrected chi connectivity index (χ2v) is 13.5. The lowest BCUT2D eigenvalue weighted by Gasteiger charge is -2.45. The highest BCUT2D eigenvalue weighted by Gasteiger charge is 2.59. The summed E-state index contributed by atoms with van der Waals surface area (Å²) in [6.07, 6.45) is -1.21. The van der Waals surface area contributed by atoms with Gasteiger partial charge in [0.25, 0.3) is 8.32 Å². The van der Waals surface area contributed by atoms with Gasteiger partial charge in [-0.25, -0.2) is 0 Å². The molecule has 2 unspecified atom stereocenters. The maximum absolute atomic E-state index is 7.16. The van der Waals surface area contributed by atoms with Crippen LogP contribution in [-0.4, -0.2) is 32.6 Å². The zero-order chi connectivity index (χ0) is 20.9. The van der Waals surface area contributed by atoms with Crippen molar-refractivity contribution >= 4 is 18.7 Å². The minimum atomic E-state index is -2.74. The van der Waals surface area contributed by atoms with Crippen LogP contribution in [0.25, 0.3) is 0 Å². The maximum atomic E-state index is 7.16. The van der Waals surface area contributed by atoms with Crippen molar-refractivity contribution < 1.29 is 18.6 Å². The lowest BCUT2D eigenvalue weighted by Crippen LogP contribution is -2.68. The molecule has 2 saturated heterocycles. The van der Waals surface area contributed by atoms with Gasteiger partial charge in [0.05, 0.1) is 0 Å². The van der Waals surface area contributed by atoms with E-state index in [0.29, 0.717) is 5.76 Å². The molecule has 2 aliphatic rings. The Balaban J connectivity index is 1.84. The summed E-state index contributed by atoms with van der Waals surface area (Å²) in [5.74, 6) is -0.133. The lowest BCUT2D eigenvalue weighted by molar-refractivity contribution is -0.188. The molecule has 154 valence electrons. The number of ether oxygens (including phenoxy) is 3. The molecule has 2 aromatic rings. The van der Waals surface area contributed by atoms with Gasteiger partial charge in [-0.2, -0.15) is 0 Å². The molecule has 0 aliphatic carbocycles. The molecule has 3 atom stereocenters. The Morgan fingerprint density at radius 1 is 0.897 bits per heavy atom. The van der Waals surface area contributed by atoms with Crippen LogP contribution in [0.15, 0.2) is 73.0 Å². The van der Waals surface area contributed by atoms with Gasteiger partial charge < -0.3 is 18.6 Å². The van der Waals surface area contributed by atoms with Crippen molar-refractivity contribution in [3.8, 4) is 0 Å². The number of benzene rings is 2. The van der Waals surface area contributed by atoms with Crippen molar-refractivity contribution in [1.82, 2.24) is 0 Å². The first kappa shape index (κ1) is 20.4. The highest BCUT2D eigenvalue weighted by Crippen LogP contribution is 2.44. The summed E-state index contributed by atoms with van der Waals surface area (Å²) >= 11 is 0. The summed E-state index contributed by atoms with van der Waals surface area (Å²) in [6, 6.07) is 21.1. The molecule has 0 saturated carbocycles. The quantitative estimate of drug-likeness (QED) is 0.715. The molecule has 2 heterocycles. The van der Waals surface area contributed by atoms with E-state index in [1.165, 1.54) is 10.4 Å². The summed E-state index contributed by atoms with van der Waals surface area (Å²) in [5, 5.41) is 2.30. The van der Waals surface area contributed by atoms with Gasteiger partial charge >= 0.3 is 0 Å². The third-order valence-electron chi connectivity index (χ3n) is 5.69. The summed E-state index contributed by atoms with van der Waals surface area (Å²) in [6.45, 7) is 14.7. The van der Waals surface area contributed by atoms with E-state index in [1.807, 2.05) is 26.0 Å². The second-order valence-electron chi connectivity index (χ2n) is 9.25. The van der Waals surface area contributed by atoms with Gasteiger partial charge in [0, 0.05) is 0 Å². The molecule has 4 nitrogen and oxygen atoms in total. The topological polar surface area (TPSA) is 36.9 Å². The molecule has 0 radical (unpaired) electrons. The van der Waals surface area contributed by atoms with Crippen molar-refractivity contribution in [3.05, 3.63) is 73.0 Å². The van der Waals surface area contributed by atoms with Crippen LogP contribution >= 0.6 is 0 Å². The number of hydrogen-bond donors (Lipinski definition) is 0. The average Bonchev–Trinajstić information content (AvgIpc) is 3.10. The number of rotatable bonds is 4. The fraction of sp³-hybridized carbons (Fsp3) is 0.417. The normalized spacial score (nSPS) is 26.2. The van der Waals surface area contributed by atoms with E-state index in [4.69, 9.17) is 18.6 Å². The smallest absolute Gasteiger partial charge is 0.262 e. The largest absolute Gasteiger partial charge is 0.464 e. The standard InChI is InChI=1S/C24H30O4Si/c1-17-20(21-22(25-17)27-24(5,6)26-21)28-29(23(2,3)4,18-13-9-7-10-14-18)19-15-11-8-12-16-19/h7-16,20-22H,1H2,2-6H3/t20?,21?,22-/m1/s1. The van der Waals surface area contributed by atoms with Crippen molar-refractivity contribution in [1.29, 1.82) is 0 Å². The van der Waals surface area contributed by atoms with Crippen molar-refractivity contribution in [2.24, 2.45) is 0 Å². The minimum Gasteiger partial charge on any atom is -0.464 e. The van der Waals surface area contributed by atoms with Crippen LogP contribution in [0.2, 0.25) is 5.04 Å². The maximum Gasteiger partial charge on any atom is 0.262 e. The van der Waals surface area contributed by atoms with Crippen LogP contribution in [0.4, 0.5) is 0 Å². The molecule has 29 heavy (non-hydrogen) atoms. The van der Waals surface area contributed by atoms with Gasteiger partial charge in [0.1, 0.15) is 11.9 Å². The van der Waals surface area contributed by atoms with Crippen LogP contribution in [0.3, 0.4) is 0 Å². The number of fused-ring (bicyclic) bond motifs is 1. The SMILES string of the molecule is C=C1O[C@@H]2OC(C)(C)OC2C1O[Si](c1ccccc1)(c1ccccc1)C(C)(C)C. The molecular weight excluding hydrogens is 380 g/mol. The van der Waals surface area contributed by atoms with E-state index in [9.17, 15) is 0 Å². The van der Waals surface area contributed by atoms with Crippen LogP contribution < -0.4 is 10.4 Å². The van der Waals surface area contributed by atoms with E-state index >= 15 is 0 Å². The summed E-state index contributed by atoms with van der Waals surface area (Å²) in [7, 11) is -2.74. The first-order valence-corrected chi connectivity index (χ1v) is 12.0. The van der Waals surface area contributed by atoms with Gasteiger partial charge in [-0.1, -0.05) is 88.0 Å². The number of hydrogen-bond acceptors (Lipinski definition) is 4. The molecular formula is C24H30O4Si.